The van der Waals surface area contributed by atoms with Crippen molar-refractivity contribution in [2.45, 2.75) is 25.9 Å². The van der Waals surface area contributed by atoms with Gasteiger partial charge in [-0.1, -0.05) is 6.07 Å². The number of hydrogen-bond acceptors (Lipinski definition) is 8. The first-order chi connectivity index (χ1) is 18.3. The maximum atomic E-state index is 13.6. The number of amides is 1. The summed E-state index contributed by atoms with van der Waals surface area (Å²) >= 11 is 0. The van der Waals surface area contributed by atoms with Crippen LogP contribution in [0.5, 0.6) is 17.2 Å². The van der Waals surface area contributed by atoms with Crippen LogP contribution in [0.4, 0.5) is 0 Å². The lowest BCUT2D eigenvalue weighted by molar-refractivity contribution is 0.0952. The third-order valence-corrected chi connectivity index (χ3v) is 8.66. The zero-order chi connectivity index (χ0) is 26.4. The summed E-state index contributed by atoms with van der Waals surface area (Å²) < 4.78 is 42.2. The summed E-state index contributed by atoms with van der Waals surface area (Å²) in [5.41, 5.74) is 3.77. The zero-order valence-electron chi connectivity index (χ0n) is 20.9. The lowest BCUT2D eigenvalue weighted by Crippen LogP contribution is -2.23. The number of methoxy groups -OCH3 is 1. The van der Waals surface area contributed by atoms with Crippen molar-refractivity contribution in [2.75, 3.05) is 25.4 Å². The van der Waals surface area contributed by atoms with Gasteiger partial charge in [0.05, 0.1) is 47.0 Å². The van der Waals surface area contributed by atoms with Crippen LogP contribution < -0.4 is 19.5 Å². The SMILES string of the molecule is COc1ccc(-c2cc(C(=O)NCc3ccc4c(c3)OCO4)c3c(C)nn(C4CCS(=O)(=O)C4)c3n2)cc1. The topological polar surface area (TPSA) is 122 Å². The normalized spacial score (nSPS) is 17.6. The maximum Gasteiger partial charge on any atom is 0.252 e. The van der Waals surface area contributed by atoms with Crippen molar-refractivity contribution in [2.24, 2.45) is 0 Å². The monoisotopic (exact) mass is 534 g/mol. The Hall–Kier alpha value is -4.12. The number of nitrogens with one attached hydrogen (secondary N) is 1. The molecule has 1 N–H and O–H groups in total. The van der Waals surface area contributed by atoms with Gasteiger partial charge in [-0.3, -0.25) is 4.79 Å². The molecule has 4 heterocycles. The molecule has 10 nitrogen and oxygen atoms in total. The molecule has 11 heteroatoms. The molecule has 38 heavy (non-hydrogen) atoms. The number of hydrogen-bond donors (Lipinski definition) is 1. The molecule has 2 aromatic carbocycles. The number of fused-ring (bicyclic) bond motifs is 2. The second-order valence-electron chi connectivity index (χ2n) is 9.44. The number of pyridine rings is 1. The average molecular weight is 535 g/mol. The van der Waals surface area contributed by atoms with Crippen LogP contribution in [0.2, 0.25) is 0 Å². The van der Waals surface area contributed by atoms with E-state index in [1.54, 1.807) is 17.9 Å². The molecule has 4 aromatic rings. The van der Waals surface area contributed by atoms with Gasteiger partial charge in [-0.05, 0) is 61.4 Å². The highest BCUT2D eigenvalue weighted by molar-refractivity contribution is 7.91. The first kappa shape index (κ1) is 24.2. The molecule has 0 spiro atoms. The minimum atomic E-state index is -3.14. The molecule has 2 aliphatic heterocycles. The van der Waals surface area contributed by atoms with E-state index in [-0.39, 0.29) is 36.8 Å². The Morgan fingerprint density at radius 1 is 1.13 bits per heavy atom. The Bertz CT molecular complexity index is 1660. The van der Waals surface area contributed by atoms with Crippen LogP contribution in [0.3, 0.4) is 0 Å². The Morgan fingerprint density at radius 2 is 1.92 bits per heavy atom. The van der Waals surface area contributed by atoms with Crippen molar-refractivity contribution in [3.63, 3.8) is 0 Å². The smallest absolute Gasteiger partial charge is 0.252 e. The zero-order valence-corrected chi connectivity index (χ0v) is 21.7. The number of carbonyl (C=O) groups excluding carboxylic acids is 1. The Labute approximate surface area is 219 Å². The standard InChI is InChI=1S/C27H26N4O6S/c1-16-25-21(27(32)28-13-17-3-8-23-24(11-17)37-15-36-23)12-22(18-4-6-20(35-2)7-5-18)29-26(25)31(30-16)19-9-10-38(33,34)14-19/h3-8,11-12,19H,9-10,13-15H2,1-2H3,(H,28,32). The molecule has 0 saturated carbocycles. The number of aromatic nitrogens is 3. The number of rotatable bonds is 6. The molecular formula is C27H26N4O6S. The van der Waals surface area contributed by atoms with Crippen molar-refractivity contribution in [1.82, 2.24) is 20.1 Å². The molecular weight excluding hydrogens is 508 g/mol. The molecule has 1 saturated heterocycles. The van der Waals surface area contributed by atoms with E-state index in [1.165, 1.54) is 0 Å². The van der Waals surface area contributed by atoms with Gasteiger partial charge in [0.1, 0.15) is 5.75 Å². The minimum absolute atomic E-state index is 0.00328. The van der Waals surface area contributed by atoms with Gasteiger partial charge in [-0.25, -0.2) is 18.1 Å². The van der Waals surface area contributed by atoms with Crippen LogP contribution >= 0.6 is 0 Å². The van der Waals surface area contributed by atoms with Gasteiger partial charge in [0, 0.05) is 12.1 Å². The number of benzene rings is 2. The summed E-state index contributed by atoms with van der Waals surface area (Å²) in [6, 6.07) is 14.4. The number of aryl methyl sites for hydroxylation is 1. The van der Waals surface area contributed by atoms with Gasteiger partial charge in [0.2, 0.25) is 6.79 Å². The first-order valence-electron chi connectivity index (χ1n) is 12.2. The van der Waals surface area contributed by atoms with E-state index < -0.39 is 9.84 Å². The highest BCUT2D eigenvalue weighted by Gasteiger charge is 2.32. The molecule has 1 amide bonds. The maximum absolute atomic E-state index is 13.6. The lowest BCUT2D eigenvalue weighted by Gasteiger charge is -2.13. The number of sulfone groups is 1. The van der Waals surface area contributed by atoms with Crippen molar-refractivity contribution < 1.29 is 27.4 Å². The molecule has 2 aliphatic rings. The Balaban J connectivity index is 1.40. The molecule has 196 valence electrons. The first-order valence-corrected chi connectivity index (χ1v) is 14.0. The quantitative estimate of drug-likeness (QED) is 0.399. The number of carbonyl (C=O) groups is 1. The Kier molecular flexibility index (Phi) is 5.94. The van der Waals surface area contributed by atoms with Crippen molar-refractivity contribution >= 4 is 26.8 Å². The van der Waals surface area contributed by atoms with Crippen molar-refractivity contribution in [3.05, 3.63) is 65.4 Å². The number of ether oxygens (including phenoxy) is 3. The fourth-order valence-corrected chi connectivity index (χ4v) is 6.65. The molecule has 6 rings (SSSR count). The van der Waals surface area contributed by atoms with E-state index in [9.17, 15) is 13.2 Å². The second kappa shape index (κ2) is 9.32. The molecule has 1 atom stereocenters. The van der Waals surface area contributed by atoms with Gasteiger partial charge in [-0.15, -0.1) is 0 Å². The molecule has 2 aromatic heterocycles. The third kappa shape index (κ3) is 4.43. The fraction of sp³-hybridized carbons (Fsp3) is 0.296. The van der Waals surface area contributed by atoms with E-state index in [0.717, 1.165) is 11.1 Å². The van der Waals surface area contributed by atoms with Crippen LogP contribution in [-0.2, 0) is 16.4 Å². The van der Waals surface area contributed by atoms with Crippen LogP contribution in [0, 0.1) is 6.92 Å². The summed E-state index contributed by atoms with van der Waals surface area (Å²) in [7, 11) is -1.55. The summed E-state index contributed by atoms with van der Waals surface area (Å²) in [4.78, 5) is 18.5. The summed E-state index contributed by atoms with van der Waals surface area (Å²) in [6.07, 6.45) is 0.457. The Morgan fingerprint density at radius 3 is 2.66 bits per heavy atom. The predicted octanol–water partition coefficient (Wildman–Crippen LogP) is 3.43. The minimum Gasteiger partial charge on any atom is -0.497 e. The van der Waals surface area contributed by atoms with Gasteiger partial charge in [0.25, 0.3) is 5.91 Å². The van der Waals surface area contributed by atoms with E-state index in [2.05, 4.69) is 10.4 Å². The van der Waals surface area contributed by atoms with Crippen LogP contribution in [0.15, 0.2) is 48.5 Å². The molecule has 1 fully saturated rings. The molecule has 0 radical (unpaired) electrons. The van der Waals surface area contributed by atoms with Gasteiger partial charge < -0.3 is 19.5 Å². The highest BCUT2D eigenvalue weighted by atomic mass is 32.2. The van der Waals surface area contributed by atoms with E-state index >= 15 is 0 Å². The molecule has 0 bridgehead atoms. The van der Waals surface area contributed by atoms with Crippen molar-refractivity contribution in [3.8, 4) is 28.5 Å². The number of nitrogens with zero attached hydrogens (tertiary/aromatic N) is 3. The van der Waals surface area contributed by atoms with Gasteiger partial charge >= 0.3 is 0 Å². The van der Waals surface area contributed by atoms with Gasteiger partial charge in [0.15, 0.2) is 27.0 Å². The third-order valence-electron chi connectivity index (χ3n) is 6.91. The summed E-state index contributed by atoms with van der Waals surface area (Å²) in [5, 5.41) is 8.26. The van der Waals surface area contributed by atoms with E-state index in [0.29, 0.717) is 51.7 Å². The van der Waals surface area contributed by atoms with Crippen LogP contribution in [-0.4, -0.2) is 54.5 Å². The van der Waals surface area contributed by atoms with E-state index in [1.807, 2.05) is 49.4 Å². The largest absolute Gasteiger partial charge is 0.497 e. The second-order valence-corrected chi connectivity index (χ2v) is 11.7. The average Bonchev–Trinajstić information content (AvgIpc) is 3.63. The summed E-state index contributed by atoms with van der Waals surface area (Å²) in [5.74, 6) is 1.85. The summed E-state index contributed by atoms with van der Waals surface area (Å²) in [6.45, 7) is 2.27. The lowest BCUT2D eigenvalue weighted by atomic mass is 10.0. The molecule has 1 unspecified atom stereocenters. The van der Waals surface area contributed by atoms with Crippen LogP contribution in [0.25, 0.3) is 22.3 Å². The predicted molar refractivity (Wildman–Crippen MR) is 140 cm³/mol. The van der Waals surface area contributed by atoms with Gasteiger partial charge in [-0.2, -0.15) is 5.10 Å². The highest BCUT2D eigenvalue weighted by Crippen LogP contribution is 2.34. The molecule has 0 aliphatic carbocycles. The van der Waals surface area contributed by atoms with Crippen LogP contribution in [0.1, 0.15) is 34.1 Å². The fourth-order valence-electron chi connectivity index (χ4n) is 4.95. The van der Waals surface area contributed by atoms with Crippen molar-refractivity contribution in [1.29, 1.82) is 0 Å². The van der Waals surface area contributed by atoms with E-state index in [4.69, 9.17) is 19.2 Å².